The van der Waals surface area contributed by atoms with Crippen LogP contribution in [0.25, 0.3) is 0 Å². The maximum absolute atomic E-state index is 11.7. The van der Waals surface area contributed by atoms with Gasteiger partial charge in [-0.1, -0.05) is 37.3 Å². The van der Waals surface area contributed by atoms with Gasteiger partial charge >= 0.3 is 0 Å². The van der Waals surface area contributed by atoms with Gasteiger partial charge in [-0.3, -0.25) is 0 Å². The molecule has 1 aromatic rings. The lowest BCUT2D eigenvalue weighted by atomic mass is 10.2. The zero-order valence-electron chi connectivity index (χ0n) is 9.90. The molecule has 5 heteroatoms. The second-order valence-corrected chi connectivity index (χ2v) is 6.36. The third-order valence-corrected chi connectivity index (χ3v) is 4.31. The van der Waals surface area contributed by atoms with Crippen LogP contribution in [-0.4, -0.2) is 20.3 Å². The maximum Gasteiger partial charge on any atom is 0.215 e. The van der Waals surface area contributed by atoms with E-state index in [1.165, 1.54) is 0 Å². The van der Waals surface area contributed by atoms with Crippen LogP contribution < -0.4 is 4.72 Å². The van der Waals surface area contributed by atoms with E-state index in [1.807, 2.05) is 25.1 Å². The van der Waals surface area contributed by atoms with Gasteiger partial charge in [-0.15, -0.1) is 11.6 Å². The summed E-state index contributed by atoms with van der Waals surface area (Å²) in [6, 6.07) is 9.13. The molecule has 96 valence electrons. The molecule has 1 atom stereocenters. The van der Waals surface area contributed by atoms with Gasteiger partial charge in [-0.05, 0) is 18.4 Å². The number of sulfonamides is 1. The van der Waals surface area contributed by atoms with E-state index in [-0.39, 0.29) is 11.1 Å². The van der Waals surface area contributed by atoms with Crippen molar-refractivity contribution in [3.8, 4) is 0 Å². The highest BCUT2D eigenvalue weighted by Gasteiger charge is 2.11. The first-order chi connectivity index (χ1) is 8.03. The molecule has 3 nitrogen and oxygen atoms in total. The first kappa shape index (κ1) is 14.5. The number of alkyl halides is 1. The normalized spacial score (nSPS) is 13.5. The quantitative estimate of drug-likeness (QED) is 0.777. The van der Waals surface area contributed by atoms with Crippen LogP contribution in [0.4, 0.5) is 0 Å². The van der Waals surface area contributed by atoms with Crippen LogP contribution in [-0.2, 0) is 15.8 Å². The summed E-state index contributed by atoms with van der Waals surface area (Å²) < 4.78 is 26.0. The van der Waals surface area contributed by atoms with Crippen LogP contribution in [0, 0.1) is 0 Å². The molecule has 0 radical (unpaired) electrons. The van der Waals surface area contributed by atoms with Crippen LogP contribution in [0.15, 0.2) is 30.3 Å². The Labute approximate surface area is 108 Å². The second-order valence-electron chi connectivity index (χ2n) is 3.93. The van der Waals surface area contributed by atoms with Crippen LogP contribution in [0.2, 0.25) is 0 Å². The highest BCUT2D eigenvalue weighted by molar-refractivity contribution is 7.88. The molecule has 1 rings (SSSR count). The molecular formula is C12H18ClNO2S. The molecule has 0 amide bonds. The first-order valence-corrected chi connectivity index (χ1v) is 7.77. The molecule has 0 spiro atoms. The number of halogens is 1. The minimum absolute atomic E-state index is 0.0208. The third-order valence-electron chi connectivity index (χ3n) is 2.42. The number of benzene rings is 1. The number of hydrogen-bond donors (Lipinski definition) is 1. The Bertz CT molecular complexity index is 419. The lowest BCUT2D eigenvalue weighted by molar-refractivity contribution is 0.576. The van der Waals surface area contributed by atoms with E-state index in [9.17, 15) is 8.42 Å². The van der Waals surface area contributed by atoms with Crippen LogP contribution in [0.5, 0.6) is 0 Å². The van der Waals surface area contributed by atoms with Crippen molar-refractivity contribution in [1.29, 1.82) is 0 Å². The van der Waals surface area contributed by atoms with Gasteiger partial charge in [0.05, 0.1) is 5.75 Å². The zero-order chi connectivity index (χ0) is 12.7. The molecule has 0 aliphatic carbocycles. The van der Waals surface area contributed by atoms with Crippen LogP contribution >= 0.6 is 11.6 Å². The Morgan fingerprint density at radius 1 is 1.29 bits per heavy atom. The first-order valence-electron chi connectivity index (χ1n) is 5.69. The minimum atomic E-state index is -3.25. The summed E-state index contributed by atoms with van der Waals surface area (Å²) in [6.07, 6.45) is 1.51. The van der Waals surface area contributed by atoms with Crippen molar-refractivity contribution in [3.05, 3.63) is 35.9 Å². The summed E-state index contributed by atoms with van der Waals surface area (Å²) in [5.74, 6) is 0.0208. The lowest BCUT2D eigenvalue weighted by Gasteiger charge is -2.08. The summed E-state index contributed by atoms with van der Waals surface area (Å²) >= 11 is 5.92. The van der Waals surface area contributed by atoms with Gasteiger partial charge < -0.3 is 0 Å². The molecule has 0 heterocycles. The summed E-state index contributed by atoms with van der Waals surface area (Å²) in [5, 5.41) is 0.0365. The van der Waals surface area contributed by atoms with Gasteiger partial charge in [0.25, 0.3) is 0 Å². The molecule has 0 aliphatic rings. The van der Waals surface area contributed by atoms with Crippen LogP contribution in [0.1, 0.15) is 25.3 Å². The third kappa shape index (κ3) is 6.05. The SMILES string of the molecule is CCC(Cl)CCNS(=O)(=O)Cc1ccccc1. The molecule has 1 N–H and O–H groups in total. The van der Waals surface area contributed by atoms with Gasteiger partial charge in [-0.25, -0.2) is 13.1 Å². The van der Waals surface area contributed by atoms with Crippen molar-refractivity contribution < 1.29 is 8.42 Å². The van der Waals surface area contributed by atoms with E-state index in [1.54, 1.807) is 12.1 Å². The van der Waals surface area contributed by atoms with Crippen molar-refractivity contribution in [1.82, 2.24) is 4.72 Å². The molecule has 1 unspecified atom stereocenters. The number of rotatable bonds is 7. The minimum Gasteiger partial charge on any atom is -0.215 e. The van der Waals surface area contributed by atoms with E-state index in [2.05, 4.69) is 4.72 Å². The molecule has 0 saturated carbocycles. The summed E-state index contributed by atoms with van der Waals surface area (Å²) in [5.41, 5.74) is 0.790. The van der Waals surface area contributed by atoms with Crippen molar-refractivity contribution in [3.63, 3.8) is 0 Å². The van der Waals surface area contributed by atoms with E-state index < -0.39 is 10.0 Å². The average Bonchev–Trinajstić information content (AvgIpc) is 2.29. The largest absolute Gasteiger partial charge is 0.215 e. The van der Waals surface area contributed by atoms with Gasteiger partial charge in [0.15, 0.2) is 0 Å². The topological polar surface area (TPSA) is 46.2 Å². The Hall–Kier alpha value is -0.580. The monoisotopic (exact) mass is 275 g/mol. The Kier molecular flexibility index (Phi) is 5.95. The van der Waals surface area contributed by atoms with E-state index in [0.717, 1.165) is 12.0 Å². The zero-order valence-corrected chi connectivity index (χ0v) is 11.5. The number of hydrogen-bond acceptors (Lipinski definition) is 2. The van der Waals surface area contributed by atoms with Crippen molar-refractivity contribution in [2.45, 2.75) is 30.9 Å². The van der Waals surface area contributed by atoms with Gasteiger partial charge in [0.1, 0.15) is 0 Å². The highest BCUT2D eigenvalue weighted by atomic mass is 35.5. The average molecular weight is 276 g/mol. The van der Waals surface area contributed by atoms with Gasteiger partial charge in [-0.2, -0.15) is 0 Å². The second kappa shape index (κ2) is 6.99. The molecule has 0 aromatic heterocycles. The van der Waals surface area contributed by atoms with Gasteiger partial charge in [0, 0.05) is 11.9 Å². The molecule has 0 fully saturated rings. The number of nitrogens with one attached hydrogen (secondary N) is 1. The Morgan fingerprint density at radius 3 is 2.53 bits per heavy atom. The molecule has 1 aromatic carbocycles. The lowest BCUT2D eigenvalue weighted by Crippen LogP contribution is -2.27. The summed E-state index contributed by atoms with van der Waals surface area (Å²) in [4.78, 5) is 0. The van der Waals surface area contributed by atoms with E-state index in [0.29, 0.717) is 13.0 Å². The molecule has 0 bridgehead atoms. The van der Waals surface area contributed by atoms with Crippen molar-refractivity contribution in [2.75, 3.05) is 6.54 Å². The van der Waals surface area contributed by atoms with Crippen molar-refractivity contribution in [2.24, 2.45) is 0 Å². The van der Waals surface area contributed by atoms with E-state index >= 15 is 0 Å². The fraction of sp³-hybridized carbons (Fsp3) is 0.500. The standard InChI is InChI=1S/C12H18ClNO2S/c1-2-12(13)8-9-14-17(15,16)10-11-6-4-3-5-7-11/h3-7,12,14H,2,8-10H2,1H3. The smallest absolute Gasteiger partial charge is 0.215 e. The molecular weight excluding hydrogens is 258 g/mol. The summed E-state index contributed by atoms with van der Waals surface area (Å²) in [7, 11) is -3.25. The van der Waals surface area contributed by atoms with Crippen molar-refractivity contribution >= 4 is 21.6 Å². The Morgan fingerprint density at radius 2 is 1.94 bits per heavy atom. The van der Waals surface area contributed by atoms with E-state index in [4.69, 9.17) is 11.6 Å². The fourth-order valence-corrected chi connectivity index (χ4v) is 2.69. The van der Waals surface area contributed by atoms with Crippen LogP contribution in [0.3, 0.4) is 0 Å². The highest BCUT2D eigenvalue weighted by Crippen LogP contribution is 2.07. The Balaban J connectivity index is 2.42. The predicted molar refractivity (Wildman–Crippen MR) is 71.6 cm³/mol. The molecule has 17 heavy (non-hydrogen) atoms. The molecule has 0 saturated heterocycles. The van der Waals surface area contributed by atoms with Gasteiger partial charge in [0.2, 0.25) is 10.0 Å². The maximum atomic E-state index is 11.7. The predicted octanol–water partition coefficient (Wildman–Crippen LogP) is 2.51. The molecule has 0 aliphatic heterocycles. The summed E-state index contributed by atoms with van der Waals surface area (Å²) in [6.45, 7) is 2.38. The fourth-order valence-electron chi connectivity index (χ4n) is 1.42.